The molecule has 1 saturated carbocycles. The van der Waals surface area contributed by atoms with Crippen LogP contribution in [0, 0.1) is 5.92 Å². The summed E-state index contributed by atoms with van der Waals surface area (Å²) in [7, 11) is -2.30. The number of hydrogen-bond acceptors (Lipinski definition) is 3. The fourth-order valence-corrected chi connectivity index (χ4v) is 7.21. The second-order valence-corrected chi connectivity index (χ2v) is 9.58. The molecule has 122 valence electrons. The molecule has 3 nitrogen and oxygen atoms in total. The van der Waals surface area contributed by atoms with E-state index in [9.17, 15) is 0 Å². The maximum absolute atomic E-state index is 6.27. The van der Waals surface area contributed by atoms with E-state index in [1.165, 1.54) is 30.9 Å². The number of fused-ring (bicyclic) bond motifs is 1. The average Bonchev–Trinajstić information content (AvgIpc) is 3.32. The smallest absolute Gasteiger partial charge is 0.372 e. The minimum absolute atomic E-state index is 0.561. The van der Waals surface area contributed by atoms with Gasteiger partial charge in [-0.15, -0.1) is 0 Å². The molecular formula is C18H28O3Si. The van der Waals surface area contributed by atoms with Gasteiger partial charge in [0.15, 0.2) is 0 Å². The molecule has 0 spiro atoms. The number of benzene rings is 1. The first-order valence-electron chi connectivity index (χ1n) is 8.76. The lowest BCUT2D eigenvalue weighted by atomic mass is 9.88. The van der Waals surface area contributed by atoms with Gasteiger partial charge >= 0.3 is 8.56 Å². The molecule has 1 aromatic rings. The summed E-state index contributed by atoms with van der Waals surface area (Å²) < 4.78 is 18.2. The Balaban J connectivity index is 1.69. The fraction of sp³-hybridized carbons (Fsp3) is 0.667. The maximum atomic E-state index is 6.27. The molecule has 3 atom stereocenters. The van der Waals surface area contributed by atoms with Crippen molar-refractivity contribution in [2.24, 2.45) is 5.92 Å². The largest absolute Gasteiger partial charge is 0.391 e. The molecule has 3 rings (SSSR count). The lowest BCUT2D eigenvalue weighted by Gasteiger charge is -2.32. The van der Waals surface area contributed by atoms with Crippen molar-refractivity contribution in [1.29, 1.82) is 0 Å². The van der Waals surface area contributed by atoms with Crippen LogP contribution in [0.3, 0.4) is 0 Å². The third-order valence-electron chi connectivity index (χ3n) is 4.96. The summed E-state index contributed by atoms with van der Waals surface area (Å²) in [5.41, 5.74) is 0. The third kappa shape index (κ3) is 3.62. The molecule has 0 radical (unpaired) electrons. The van der Waals surface area contributed by atoms with Gasteiger partial charge in [-0.05, 0) is 56.7 Å². The molecule has 0 amide bonds. The minimum atomic E-state index is -2.30. The van der Waals surface area contributed by atoms with Crippen molar-refractivity contribution in [2.45, 2.75) is 57.8 Å². The number of hydrogen-bond donors (Lipinski definition) is 0. The number of epoxide rings is 1. The summed E-state index contributed by atoms with van der Waals surface area (Å²) in [6.45, 7) is 5.60. The SMILES string of the molecule is CCO[Si](CCC1CCC2OC2C1)(OCC)c1ccccc1. The third-order valence-corrected chi connectivity index (χ3v) is 8.63. The van der Waals surface area contributed by atoms with Crippen LogP contribution >= 0.6 is 0 Å². The van der Waals surface area contributed by atoms with Gasteiger partial charge in [-0.2, -0.15) is 0 Å². The Bertz CT molecular complexity index is 459. The molecule has 0 N–H and O–H groups in total. The average molecular weight is 321 g/mol. The van der Waals surface area contributed by atoms with Crippen LogP contribution < -0.4 is 5.19 Å². The molecule has 2 fully saturated rings. The number of rotatable bonds is 8. The lowest BCUT2D eigenvalue weighted by molar-refractivity contribution is 0.191. The summed E-state index contributed by atoms with van der Waals surface area (Å²) in [4.78, 5) is 0. The molecule has 1 heterocycles. The monoisotopic (exact) mass is 320 g/mol. The van der Waals surface area contributed by atoms with Gasteiger partial charge in [0.05, 0.1) is 12.2 Å². The van der Waals surface area contributed by atoms with Gasteiger partial charge in [-0.1, -0.05) is 30.3 Å². The van der Waals surface area contributed by atoms with E-state index < -0.39 is 8.56 Å². The molecule has 1 saturated heterocycles. The molecule has 1 aliphatic heterocycles. The first-order chi connectivity index (χ1) is 10.8. The van der Waals surface area contributed by atoms with Crippen LogP contribution in [0.25, 0.3) is 0 Å². The van der Waals surface area contributed by atoms with Crippen LogP contribution in [-0.4, -0.2) is 34.0 Å². The van der Waals surface area contributed by atoms with E-state index in [1.807, 2.05) is 0 Å². The van der Waals surface area contributed by atoms with E-state index in [-0.39, 0.29) is 0 Å². The molecule has 22 heavy (non-hydrogen) atoms. The standard InChI is InChI=1S/C18H28O3Si/c1-3-19-22(20-4-2,16-8-6-5-7-9-16)13-12-15-10-11-17-18(14-15)21-17/h5-9,15,17-18H,3-4,10-14H2,1-2H3. The van der Waals surface area contributed by atoms with Crippen molar-refractivity contribution >= 4 is 13.7 Å². The summed E-state index contributed by atoms with van der Waals surface area (Å²) in [5.74, 6) is 0.778. The van der Waals surface area contributed by atoms with Crippen LogP contribution in [0.1, 0.15) is 39.5 Å². The summed E-state index contributed by atoms with van der Waals surface area (Å²) in [6.07, 6.45) is 6.14. The molecule has 3 unspecified atom stereocenters. The van der Waals surface area contributed by atoms with Crippen molar-refractivity contribution in [3.05, 3.63) is 30.3 Å². The minimum Gasteiger partial charge on any atom is -0.391 e. The van der Waals surface area contributed by atoms with Crippen molar-refractivity contribution in [3.8, 4) is 0 Å². The molecule has 1 aliphatic carbocycles. The zero-order valence-corrected chi connectivity index (χ0v) is 14.8. The highest BCUT2D eigenvalue weighted by atomic mass is 28.4. The molecule has 4 heteroatoms. The van der Waals surface area contributed by atoms with Gasteiger partial charge < -0.3 is 13.6 Å². The van der Waals surface area contributed by atoms with Crippen LogP contribution in [0.2, 0.25) is 6.04 Å². The Labute approximate surface area is 135 Å². The van der Waals surface area contributed by atoms with E-state index in [0.717, 1.165) is 25.2 Å². The molecule has 0 bridgehead atoms. The highest BCUT2D eigenvalue weighted by Crippen LogP contribution is 2.41. The second-order valence-electron chi connectivity index (χ2n) is 6.42. The van der Waals surface area contributed by atoms with Crippen LogP contribution in [0.4, 0.5) is 0 Å². The Kier molecular flexibility index (Phi) is 5.34. The van der Waals surface area contributed by atoms with E-state index >= 15 is 0 Å². The fourth-order valence-electron chi connectivity index (χ4n) is 3.80. The van der Waals surface area contributed by atoms with Gasteiger partial charge in [0.2, 0.25) is 0 Å². The van der Waals surface area contributed by atoms with Crippen molar-refractivity contribution in [2.75, 3.05) is 13.2 Å². The van der Waals surface area contributed by atoms with Crippen molar-refractivity contribution < 1.29 is 13.6 Å². The Hall–Kier alpha value is -0.683. The zero-order chi connectivity index (χ0) is 15.4. The molecule has 1 aromatic carbocycles. The topological polar surface area (TPSA) is 31.0 Å². The number of ether oxygens (including phenoxy) is 1. The van der Waals surface area contributed by atoms with Gasteiger partial charge in [0, 0.05) is 13.2 Å². The van der Waals surface area contributed by atoms with Crippen molar-refractivity contribution in [1.82, 2.24) is 0 Å². The molecule has 0 aromatic heterocycles. The molecule has 2 aliphatic rings. The summed E-state index contributed by atoms with van der Waals surface area (Å²) in [5, 5.41) is 1.27. The predicted molar refractivity (Wildman–Crippen MR) is 90.5 cm³/mol. The Morgan fingerprint density at radius 3 is 2.41 bits per heavy atom. The lowest BCUT2D eigenvalue weighted by Crippen LogP contribution is -2.54. The van der Waals surface area contributed by atoms with Crippen LogP contribution in [-0.2, 0) is 13.6 Å². The van der Waals surface area contributed by atoms with E-state index in [4.69, 9.17) is 13.6 Å². The summed E-state index contributed by atoms with van der Waals surface area (Å²) >= 11 is 0. The predicted octanol–water partition coefficient (Wildman–Crippen LogP) is 3.37. The van der Waals surface area contributed by atoms with Crippen LogP contribution in [0.5, 0.6) is 0 Å². The zero-order valence-electron chi connectivity index (χ0n) is 13.8. The highest BCUT2D eigenvalue weighted by Gasteiger charge is 2.45. The normalized spacial score (nSPS) is 27.5. The summed E-state index contributed by atoms with van der Waals surface area (Å²) in [6, 6.07) is 11.7. The van der Waals surface area contributed by atoms with E-state index in [0.29, 0.717) is 12.2 Å². The molecular weight excluding hydrogens is 292 g/mol. The van der Waals surface area contributed by atoms with Crippen LogP contribution in [0.15, 0.2) is 30.3 Å². The van der Waals surface area contributed by atoms with Gasteiger partial charge in [-0.3, -0.25) is 0 Å². The van der Waals surface area contributed by atoms with Gasteiger partial charge in [-0.25, -0.2) is 0 Å². The maximum Gasteiger partial charge on any atom is 0.372 e. The van der Waals surface area contributed by atoms with E-state index in [2.05, 4.69) is 44.2 Å². The Morgan fingerprint density at radius 1 is 1.05 bits per heavy atom. The Morgan fingerprint density at radius 2 is 1.77 bits per heavy atom. The van der Waals surface area contributed by atoms with Gasteiger partial charge in [0.25, 0.3) is 0 Å². The second kappa shape index (κ2) is 7.26. The first kappa shape index (κ1) is 16.2. The van der Waals surface area contributed by atoms with Gasteiger partial charge in [0.1, 0.15) is 0 Å². The van der Waals surface area contributed by atoms with E-state index in [1.54, 1.807) is 0 Å². The highest BCUT2D eigenvalue weighted by molar-refractivity contribution is 6.81. The first-order valence-corrected chi connectivity index (χ1v) is 10.8. The quantitative estimate of drug-likeness (QED) is 0.543. The van der Waals surface area contributed by atoms with Crippen molar-refractivity contribution in [3.63, 3.8) is 0 Å².